The molecule has 0 saturated heterocycles. The molecule has 1 amide bonds. The summed E-state index contributed by atoms with van der Waals surface area (Å²) in [6, 6.07) is 15.1. The first-order valence-corrected chi connectivity index (χ1v) is 12.1. The Balaban J connectivity index is 1.74. The number of thioether (sulfide) groups is 1. The third kappa shape index (κ3) is 4.90. The van der Waals surface area contributed by atoms with E-state index in [4.69, 9.17) is 21.3 Å². The molecule has 0 unspecified atom stereocenters. The number of thiazole rings is 1. The number of fused-ring (bicyclic) bond motifs is 1. The van der Waals surface area contributed by atoms with Crippen molar-refractivity contribution in [2.75, 3.05) is 12.0 Å². The topological polar surface area (TPSA) is 55.3 Å². The molecule has 0 atom stereocenters. The lowest BCUT2D eigenvalue weighted by Crippen LogP contribution is -2.30. The molecule has 5 nitrogen and oxygen atoms in total. The molecule has 32 heavy (non-hydrogen) atoms. The van der Waals surface area contributed by atoms with E-state index in [0.717, 1.165) is 15.2 Å². The van der Waals surface area contributed by atoms with Gasteiger partial charge in [0.15, 0.2) is 5.13 Å². The Hall–Kier alpha value is -2.61. The Kier molecular flexibility index (Phi) is 6.98. The van der Waals surface area contributed by atoms with Crippen molar-refractivity contribution in [3.63, 3.8) is 0 Å². The molecule has 0 spiro atoms. The lowest BCUT2D eigenvalue weighted by Gasteiger charge is -2.20. The molecule has 0 aliphatic rings. The zero-order chi connectivity index (χ0) is 22.7. The van der Waals surface area contributed by atoms with E-state index in [9.17, 15) is 4.79 Å². The fraction of sp³-hybridized carbons (Fsp3) is 0.208. The average molecular weight is 484 g/mol. The van der Waals surface area contributed by atoms with E-state index in [1.807, 2.05) is 36.4 Å². The van der Waals surface area contributed by atoms with E-state index in [2.05, 4.69) is 18.8 Å². The maximum Gasteiger partial charge on any atom is 0.260 e. The molecule has 2 heterocycles. The van der Waals surface area contributed by atoms with Gasteiger partial charge in [-0.05, 0) is 54.1 Å². The predicted octanol–water partition coefficient (Wildman–Crippen LogP) is 6.70. The van der Waals surface area contributed by atoms with Crippen molar-refractivity contribution in [3.8, 4) is 5.75 Å². The van der Waals surface area contributed by atoms with E-state index in [-0.39, 0.29) is 5.91 Å². The van der Waals surface area contributed by atoms with Crippen molar-refractivity contribution in [2.24, 2.45) is 0 Å². The predicted molar refractivity (Wildman–Crippen MR) is 133 cm³/mol. The van der Waals surface area contributed by atoms with Gasteiger partial charge in [0.1, 0.15) is 11.3 Å². The molecule has 0 fully saturated rings. The second-order valence-corrected chi connectivity index (χ2v) is 10.4. The standard InChI is InChI=1S/C24H22ClN3O2S2/c1-15(2)31-18-6-4-17(5-7-18)23(29)28(14-16-10-12-26-13-11-16)24-27-21-20(30-3)9-8-19(25)22(21)32-24/h4-13,15H,14H2,1-3H3. The quantitative estimate of drug-likeness (QED) is 0.274. The molecule has 0 aliphatic carbocycles. The van der Waals surface area contributed by atoms with Gasteiger partial charge >= 0.3 is 0 Å². The first-order chi connectivity index (χ1) is 15.5. The fourth-order valence-corrected chi connectivity index (χ4v) is 5.31. The van der Waals surface area contributed by atoms with Crippen LogP contribution in [0.15, 0.2) is 65.8 Å². The Bertz CT molecular complexity index is 1230. The van der Waals surface area contributed by atoms with Crippen molar-refractivity contribution >= 4 is 56.0 Å². The van der Waals surface area contributed by atoms with Crippen LogP contribution in [-0.2, 0) is 6.54 Å². The van der Waals surface area contributed by atoms with E-state index in [1.54, 1.807) is 48.3 Å². The number of amides is 1. The number of anilines is 1. The van der Waals surface area contributed by atoms with Crippen LogP contribution in [0.3, 0.4) is 0 Å². The molecule has 0 N–H and O–H groups in total. The van der Waals surface area contributed by atoms with Crippen molar-refractivity contribution in [3.05, 3.63) is 77.1 Å². The number of nitrogens with zero attached hydrogens (tertiary/aromatic N) is 3. The molecule has 0 bridgehead atoms. The van der Waals surface area contributed by atoms with Gasteiger partial charge in [0.05, 0.1) is 23.4 Å². The fourth-order valence-electron chi connectivity index (χ4n) is 3.22. The minimum atomic E-state index is -0.128. The largest absolute Gasteiger partial charge is 0.494 e. The molecule has 0 saturated carbocycles. The SMILES string of the molecule is COc1ccc(Cl)c2sc(N(Cc3ccncc3)C(=O)c3ccc(SC(C)C)cc3)nc12. The summed E-state index contributed by atoms with van der Waals surface area (Å²) >= 11 is 9.56. The van der Waals surface area contributed by atoms with Gasteiger partial charge in [-0.3, -0.25) is 14.7 Å². The minimum absolute atomic E-state index is 0.128. The number of benzene rings is 2. The average Bonchev–Trinajstić information content (AvgIpc) is 3.24. The highest BCUT2D eigenvalue weighted by atomic mass is 35.5. The van der Waals surface area contributed by atoms with Crippen LogP contribution in [0.25, 0.3) is 10.2 Å². The molecular weight excluding hydrogens is 462 g/mol. The maximum atomic E-state index is 13.6. The monoisotopic (exact) mass is 483 g/mol. The number of hydrogen-bond acceptors (Lipinski definition) is 6. The van der Waals surface area contributed by atoms with Gasteiger partial charge in [-0.2, -0.15) is 0 Å². The van der Waals surface area contributed by atoms with Crippen molar-refractivity contribution in [1.29, 1.82) is 0 Å². The molecular formula is C24H22ClN3O2S2. The zero-order valence-electron chi connectivity index (χ0n) is 17.9. The highest BCUT2D eigenvalue weighted by Crippen LogP contribution is 2.39. The van der Waals surface area contributed by atoms with Crippen LogP contribution in [0.4, 0.5) is 5.13 Å². The lowest BCUT2D eigenvalue weighted by atomic mass is 10.2. The maximum absolute atomic E-state index is 13.6. The van der Waals surface area contributed by atoms with Crippen molar-refractivity contribution in [1.82, 2.24) is 9.97 Å². The van der Waals surface area contributed by atoms with Gasteiger partial charge in [0.2, 0.25) is 0 Å². The number of carbonyl (C=O) groups is 1. The first kappa shape index (κ1) is 22.6. The number of rotatable bonds is 7. The molecule has 164 valence electrons. The van der Waals surface area contributed by atoms with Crippen LogP contribution in [0.1, 0.15) is 29.8 Å². The van der Waals surface area contributed by atoms with Gasteiger partial charge in [0.25, 0.3) is 5.91 Å². The minimum Gasteiger partial charge on any atom is -0.494 e. The summed E-state index contributed by atoms with van der Waals surface area (Å²) in [5.74, 6) is 0.496. The Labute approximate surface area is 200 Å². The van der Waals surface area contributed by atoms with Crippen molar-refractivity contribution < 1.29 is 9.53 Å². The van der Waals surface area contributed by atoms with Crippen LogP contribution >= 0.6 is 34.7 Å². The normalized spacial score (nSPS) is 11.2. The summed E-state index contributed by atoms with van der Waals surface area (Å²) in [6.07, 6.45) is 3.43. The number of aromatic nitrogens is 2. The third-order valence-electron chi connectivity index (χ3n) is 4.71. The van der Waals surface area contributed by atoms with Gasteiger partial charge in [-0.15, -0.1) is 11.8 Å². The molecule has 4 aromatic rings. The summed E-state index contributed by atoms with van der Waals surface area (Å²) in [6.45, 7) is 4.66. The number of carbonyl (C=O) groups excluding carboxylic acids is 1. The summed E-state index contributed by atoms with van der Waals surface area (Å²) in [4.78, 5) is 25.2. The Morgan fingerprint density at radius 3 is 2.50 bits per heavy atom. The third-order valence-corrected chi connectivity index (χ3v) is 7.26. The van der Waals surface area contributed by atoms with Gasteiger partial charge in [-0.25, -0.2) is 4.98 Å². The van der Waals surface area contributed by atoms with Crippen LogP contribution in [0.5, 0.6) is 5.75 Å². The van der Waals surface area contributed by atoms with Crippen LogP contribution in [0, 0.1) is 0 Å². The first-order valence-electron chi connectivity index (χ1n) is 10.1. The number of pyridine rings is 1. The zero-order valence-corrected chi connectivity index (χ0v) is 20.3. The van der Waals surface area contributed by atoms with E-state index < -0.39 is 0 Å². The molecule has 8 heteroatoms. The summed E-state index contributed by atoms with van der Waals surface area (Å²) in [7, 11) is 1.60. The summed E-state index contributed by atoms with van der Waals surface area (Å²) in [5, 5.41) is 1.62. The summed E-state index contributed by atoms with van der Waals surface area (Å²) < 4.78 is 6.24. The molecule has 0 radical (unpaired) electrons. The van der Waals surface area contributed by atoms with E-state index >= 15 is 0 Å². The van der Waals surface area contributed by atoms with Crippen LogP contribution < -0.4 is 9.64 Å². The smallest absolute Gasteiger partial charge is 0.260 e. The van der Waals surface area contributed by atoms with Gasteiger partial charge in [-0.1, -0.05) is 36.8 Å². The second kappa shape index (κ2) is 9.90. The van der Waals surface area contributed by atoms with Crippen LogP contribution in [0.2, 0.25) is 5.02 Å². The van der Waals surface area contributed by atoms with Gasteiger partial charge < -0.3 is 4.74 Å². The molecule has 2 aromatic heterocycles. The van der Waals surface area contributed by atoms with Gasteiger partial charge in [0, 0.05) is 28.1 Å². The number of ether oxygens (including phenoxy) is 1. The van der Waals surface area contributed by atoms with E-state index in [0.29, 0.717) is 38.8 Å². The number of methoxy groups -OCH3 is 1. The second-order valence-electron chi connectivity index (χ2n) is 7.36. The molecule has 4 rings (SSSR count). The summed E-state index contributed by atoms with van der Waals surface area (Å²) in [5.41, 5.74) is 2.21. The lowest BCUT2D eigenvalue weighted by molar-refractivity contribution is 0.0985. The highest BCUT2D eigenvalue weighted by molar-refractivity contribution is 7.99. The Morgan fingerprint density at radius 1 is 1.12 bits per heavy atom. The van der Waals surface area contributed by atoms with E-state index in [1.165, 1.54) is 11.3 Å². The Morgan fingerprint density at radius 2 is 1.84 bits per heavy atom. The van der Waals surface area contributed by atoms with Crippen LogP contribution in [-0.4, -0.2) is 28.2 Å². The number of hydrogen-bond donors (Lipinski definition) is 0. The molecule has 0 aliphatic heterocycles. The highest BCUT2D eigenvalue weighted by Gasteiger charge is 2.23. The molecule has 2 aromatic carbocycles. The van der Waals surface area contributed by atoms with Crippen molar-refractivity contribution in [2.45, 2.75) is 30.5 Å². The number of halogens is 1.